The van der Waals surface area contributed by atoms with Crippen molar-refractivity contribution in [2.75, 3.05) is 50.9 Å². The van der Waals surface area contributed by atoms with Crippen LogP contribution in [-0.4, -0.2) is 89.6 Å². The molecule has 6 rings (SSSR count). The Morgan fingerprint density at radius 3 is 2.71 bits per heavy atom. The molecule has 0 unspecified atom stereocenters. The summed E-state index contributed by atoms with van der Waals surface area (Å²) < 4.78 is 42.3. The molecule has 34 heavy (non-hydrogen) atoms. The molecule has 10 nitrogen and oxygen atoms in total. The first-order chi connectivity index (χ1) is 16.6. The van der Waals surface area contributed by atoms with E-state index in [4.69, 9.17) is 9.47 Å². The number of rotatable bonds is 8. The summed E-state index contributed by atoms with van der Waals surface area (Å²) in [6, 6.07) is 11.3. The summed E-state index contributed by atoms with van der Waals surface area (Å²) in [6.45, 7) is 3.04. The van der Waals surface area contributed by atoms with E-state index in [0.29, 0.717) is 39.5 Å². The van der Waals surface area contributed by atoms with Crippen LogP contribution in [0.4, 0.5) is 5.82 Å². The van der Waals surface area contributed by atoms with Crippen LogP contribution < -0.4 is 9.64 Å². The molecule has 0 bridgehead atoms. The molecule has 1 spiro atoms. The van der Waals surface area contributed by atoms with Gasteiger partial charge in [-0.05, 0) is 31.0 Å². The van der Waals surface area contributed by atoms with Gasteiger partial charge in [0.1, 0.15) is 30.1 Å². The van der Waals surface area contributed by atoms with E-state index in [1.54, 1.807) is 14.9 Å². The molecule has 11 heteroatoms. The number of aromatic amines is 1. The molecule has 2 aromatic heterocycles. The van der Waals surface area contributed by atoms with Gasteiger partial charge in [0.15, 0.2) is 0 Å². The second kappa shape index (κ2) is 8.49. The quantitative estimate of drug-likeness (QED) is 0.518. The summed E-state index contributed by atoms with van der Waals surface area (Å²) in [5.74, 6) is 1.59. The van der Waals surface area contributed by atoms with Crippen LogP contribution in [0.3, 0.4) is 0 Å². The van der Waals surface area contributed by atoms with E-state index in [1.165, 1.54) is 0 Å². The Morgan fingerprint density at radius 1 is 1.15 bits per heavy atom. The minimum atomic E-state index is -3.68. The average Bonchev–Trinajstić information content (AvgIpc) is 3.38. The molecule has 1 aliphatic carbocycles. The zero-order valence-corrected chi connectivity index (χ0v) is 19.7. The molecule has 4 heterocycles. The van der Waals surface area contributed by atoms with Gasteiger partial charge in [0.2, 0.25) is 0 Å². The predicted octanol–water partition coefficient (Wildman–Crippen LogP) is 1.64. The normalized spacial score (nSPS) is 20.7. The second-order valence-electron chi connectivity index (χ2n) is 9.13. The highest BCUT2D eigenvalue weighted by molar-refractivity contribution is 7.86. The van der Waals surface area contributed by atoms with Crippen molar-refractivity contribution in [1.29, 1.82) is 0 Å². The van der Waals surface area contributed by atoms with Crippen LogP contribution in [0.5, 0.6) is 5.75 Å². The third kappa shape index (κ3) is 3.82. The Balaban J connectivity index is 1.20. The van der Waals surface area contributed by atoms with Crippen molar-refractivity contribution in [3.63, 3.8) is 0 Å². The van der Waals surface area contributed by atoms with Crippen molar-refractivity contribution < 1.29 is 17.9 Å². The van der Waals surface area contributed by atoms with Gasteiger partial charge in [-0.1, -0.05) is 18.2 Å². The highest BCUT2D eigenvalue weighted by atomic mass is 32.2. The Bertz CT molecular complexity index is 1260. The molecule has 180 valence electrons. The lowest BCUT2D eigenvalue weighted by Gasteiger charge is -2.45. The lowest BCUT2D eigenvalue weighted by molar-refractivity contribution is -0.0409. The van der Waals surface area contributed by atoms with Gasteiger partial charge < -0.3 is 19.4 Å². The Hall–Kier alpha value is -2.73. The molecule has 3 fully saturated rings. The highest BCUT2D eigenvalue weighted by Crippen LogP contribution is 2.47. The number of aromatic nitrogens is 3. The van der Waals surface area contributed by atoms with Crippen LogP contribution in [0.1, 0.15) is 12.8 Å². The maximum Gasteiger partial charge on any atom is 0.283 e. The average molecular weight is 485 g/mol. The standard InChI is InChI=1S/C23H28N6O4S/c30-34(31,28(18-14-32-15-18)12-13-33-19-4-2-1-3-5-19)29-11-10-27(16-23(29)7-8-23)22-20-6-9-24-21(20)25-17-26-22/h1-6,9,17-18H,7-8,10-16H2,(H,24,25,26). The first kappa shape index (κ1) is 21.8. The van der Waals surface area contributed by atoms with E-state index in [0.717, 1.165) is 35.4 Å². The van der Waals surface area contributed by atoms with Crippen LogP contribution in [0.15, 0.2) is 48.9 Å². The molecule has 0 amide bonds. The molecule has 3 aliphatic rings. The van der Waals surface area contributed by atoms with Crippen LogP contribution >= 0.6 is 0 Å². The molecule has 1 N–H and O–H groups in total. The van der Waals surface area contributed by atoms with Crippen molar-refractivity contribution in [2.24, 2.45) is 0 Å². The first-order valence-corrected chi connectivity index (χ1v) is 13.0. The summed E-state index contributed by atoms with van der Waals surface area (Å²) in [6.07, 6.45) is 5.10. The van der Waals surface area contributed by atoms with Crippen LogP contribution in [-0.2, 0) is 14.9 Å². The molecular weight excluding hydrogens is 456 g/mol. The van der Waals surface area contributed by atoms with Gasteiger partial charge in [-0.3, -0.25) is 0 Å². The van der Waals surface area contributed by atoms with E-state index in [9.17, 15) is 8.42 Å². The Labute approximate surface area is 198 Å². The molecule has 2 saturated heterocycles. The van der Waals surface area contributed by atoms with E-state index >= 15 is 0 Å². The van der Waals surface area contributed by atoms with Crippen molar-refractivity contribution in [3.8, 4) is 5.75 Å². The number of nitrogens with zero attached hydrogens (tertiary/aromatic N) is 5. The van der Waals surface area contributed by atoms with Gasteiger partial charge in [0.05, 0.1) is 30.2 Å². The lowest BCUT2D eigenvalue weighted by Crippen LogP contribution is -2.63. The molecule has 3 aromatic rings. The van der Waals surface area contributed by atoms with Gasteiger partial charge >= 0.3 is 0 Å². The maximum absolute atomic E-state index is 13.9. The third-order valence-electron chi connectivity index (χ3n) is 6.97. The Kier molecular flexibility index (Phi) is 5.44. The smallest absolute Gasteiger partial charge is 0.283 e. The van der Waals surface area contributed by atoms with Gasteiger partial charge in [0.25, 0.3) is 10.2 Å². The zero-order chi connectivity index (χ0) is 23.2. The van der Waals surface area contributed by atoms with Crippen LogP contribution in [0.2, 0.25) is 0 Å². The van der Waals surface area contributed by atoms with Gasteiger partial charge in [-0.2, -0.15) is 17.0 Å². The van der Waals surface area contributed by atoms with E-state index in [1.807, 2.05) is 42.6 Å². The van der Waals surface area contributed by atoms with Gasteiger partial charge in [0, 0.05) is 32.4 Å². The summed E-state index contributed by atoms with van der Waals surface area (Å²) in [7, 11) is -3.68. The minimum Gasteiger partial charge on any atom is -0.492 e. The van der Waals surface area contributed by atoms with Crippen LogP contribution in [0.25, 0.3) is 11.0 Å². The third-order valence-corrected chi connectivity index (χ3v) is 9.17. The number of fused-ring (bicyclic) bond motifs is 1. The first-order valence-electron chi connectivity index (χ1n) is 11.7. The monoisotopic (exact) mass is 484 g/mol. The van der Waals surface area contributed by atoms with E-state index in [2.05, 4.69) is 19.9 Å². The zero-order valence-electron chi connectivity index (χ0n) is 18.8. The SMILES string of the molecule is O=S(=O)(N(CCOc1ccccc1)C1COC1)N1CCN(c2ncnc3[nH]ccc23)CC12CC2. The largest absolute Gasteiger partial charge is 0.492 e. The van der Waals surface area contributed by atoms with E-state index < -0.39 is 15.7 Å². The molecule has 0 atom stereocenters. The van der Waals surface area contributed by atoms with Crippen molar-refractivity contribution in [3.05, 3.63) is 48.9 Å². The molecular formula is C23H28N6O4S. The molecule has 1 saturated carbocycles. The van der Waals surface area contributed by atoms with Crippen molar-refractivity contribution >= 4 is 27.1 Å². The summed E-state index contributed by atoms with van der Waals surface area (Å²) >= 11 is 0. The van der Waals surface area contributed by atoms with Crippen molar-refractivity contribution in [2.45, 2.75) is 24.4 Å². The summed E-state index contributed by atoms with van der Waals surface area (Å²) in [4.78, 5) is 14.1. The number of para-hydroxylation sites is 1. The maximum atomic E-state index is 13.9. The fraction of sp³-hybridized carbons (Fsp3) is 0.478. The number of nitrogens with one attached hydrogen (secondary N) is 1. The highest BCUT2D eigenvalue weighted by Gasteiger charge is 2.58. The summed E-state index contributed by atoms with van der Waals surface area (Å²) in [5, 5.41) is 0.959. The molecule has 1 aromatic carbocycles. The predicted molar refractivity (Wildman–Crippen MR) is 127 cm³/mol. The molecule has 2 aliphatic heterocycles. The van der Waals surface area contributed by atoms with E-state index in [-0.39, 0.29) is 12.6 Å². The Morgan fingerprint density at radius 2 is 1.97 bits per heavy atom. The second-order valence-corrected chi connectivity index (χ2v) is 10.9. The number of hydrogen-bond donors (Lipinski definition) is 1. The lowest BCUT2D eigenvalue weighted by atomic mass is 10.2. The van der Waals surface area contributed by atoms with Crippen LogP contribution in [0, 0.1) is 0 Å². The van der Waals surface area contributed by atoms with Gasteiger partial charge in [-0.15, -0.1) is 0 Å². The topological polar surface area (TPSA) is 104 Å². The number of anilines is 1. The number of hydrogen-bond acceptors (Lipinski definition) is 7. The number of ether oxygens (including phenoxy) is 2. The van der Waals surface area contributed by atoms with Gasteiger partial charge in [-0.25, -0.2) is 9.97 Å². The summed E-state index contributed by atoms with van der Waals surface area (Å²) in [5.41, 5.74) is 0.396. The number of benzene rings is 1. The van der Waals surface area contributed by atoms with Crippen molar-refractivity contribution in [1.82, 2.24) is 23.6 Å². The number of piperazine rings is 1. The fourth-order valence-electron chi connectivity index (χ4n) is 4.94. The minimum absolute atomic E-state index is 0.153. The molecule has 0 radical (unpaired) electrons. The fourth-order valence-corrected chi connectivity index (χ4v) is 7.04. The number of H-pyrrole nitrogens is 1.